The average Bonchev–Trinajstić information content (AvgIpc) is 2.18. The molecule has 1 aromatic rings. The van der Waals surface area contributed by atoms with Crippen LogP contribution in [0, 0.1) is 5.82 Å². The van der Waals surface area contributed by atoms with Crippen LogP contribution < -0.4 is 0 Å². The first-order valence-electron chi connectivity index (χ1n) is 4.03. The van der Waals surface area contributed by atoms with Gasteiger partial charge in [-0.1, -0.05) is 0 Å². The van der Waals surface area contributed by atoms with Gasteiger partial charge in [0.05, 0.1) is 22.1 Å². The van der Waals surface area contributed by atoms with Crippen LogP contribution in [0.15, 0.2) is 23.1 Å². The quantitative estimate of drug-likeness (QED) is 0.860. The summed E-state index contributed by atoms with van der Waals surface area (Å²) in [6.45, 7) is -0.771. The lowest BCUT2D eigenvalue weighted by molar-refractivity contribution is 0.0691. The fraction of sp³-hybridized carbons (Fsp3) is 0.222. The maximum Gasteiger partial charge on any atom is 0.338 e. The molecule has 0 aliphatic heterocycles. The highest BCUT2D eigenvalue weighted by atomic mass is 32.2. The molecule has 0 saturated heterocycles. The Morgan fingerprint density at radius 3 is 2.67 bits per heavy atom. The van der Waals surface area contributed by atoms with Gasteiger partial charge in [0.2, 0.25) is 0 Å². The van der Waals surface area contributed by atoms with Gasteiger partial charge in [-0.3, -0.25) is 8.60 Å². The number of aromatic carboxylic acids is 1. The van der Waals surface area contributed by atoms with Gasteiger partial charge < -0.3 is 5.11 Å². The number of carboxylic acid groups (broad SMARTS) is 1. The zero-order valence-electron chi connectivity index (χ0n) is 7.57. The Labute approximate surface area is 87.2 Å². The van der Waals surface area contributed by atoms with Crippen molar-refractivity contribution in [2.45, 2.75) is 4.90 Å². The summed E-state index contributed by atoms with van der Waals surface area (Å²) in [5.41, 5.74) is -0.556. The fourth-order valence-corrected chi connectivity index (χ4v) is 1.84. The number of hydrogen-bond acceptors (Lipinski definition) is 2. The minimum Gasteiger partial charge on any atom is -0.478 e. The molecule has 0 amide bonds. The Morgan fingerprint density at radius 2 is 2.13 bits per heavy atom. The van der Waals surface area contributed by atoms with E-state index in [2.05, 4.69) is 0 Å². The monoisotopic (exact) mass is 234 g/mol. The van der Waals surface area contributed by atoms with Gasteiger partial charge in [-0.15, -0.1) is 0 Å². The molecule has 1 aromatic carbocycles. The van der Waals surface area contributed by atoms with Crippen LogP contribution in [0.5, 0.6) is 0 Å². The first-order chi connectivity index (χ1) is 7.06. The molecule has 1 unspecified atom stereocenters. The van der Waals surface area contributed by atoms with E-state index in [9.17, 15) is 17.8 Å². The molecule has 82 valence electrons. The number of halogens is 2. The highest BCUT2D eigenvalue weighted by Crippen LogP contribution is 2.14. The van der Waals surface area contributed by atoms with Crippen LogP contribution in [0.2, 0.25) is 0 Å². The van der Waals surface area contributed by atoms with E-state index in [0.717, 1.165) is 12.1 Å². The van der Waals surface area contributed by atoms with Crippen LogP contribution in [0.1, 0.15) is 10.4 Å². The summed E-state index contributed by atoms with van der Waals surface area (Å²) < 4.78 is 36.1. The molecule has 0 spiro atoms. The summed E-state index contributed by atoms with van der Waals surface area (Å²) >= 11 is 0. The topological polar surface area (TPSA) is 54.4 Å². The van der Waals surface area contributed by atoms with E-state index in [4.69, 9.17) is 5.11 Å². The molecular weight excluding hydrogens is 226 g/mol. The van der Waals surface area contributed by atoms with E-state index in [1.54, 1.807) is 0 Å². The number of hydrogen-bond donors (Lipinski definition) is 1. The number of alkyl halides is 1. The second-order valence-corrected chi connectivity index (χ2v) is 4.26. The molecule has 0 radical (unpaired) electrons. The van der Waals surface area contributed by atoms with E-state index in [1.807, 2.05) is 0 Å². The minimum absolute atomic E-state index is 0.117. The second-order valence-electron chi connectivity index (χ2n) is 2.69. The standard InChI is InChI=1S/C9H8F2O3S/c10-3-4-15(14)6-1-2-8(11)7(5-6)9(12)13/h1-2,5H,3-4H2,(H,12,13). The Bertz CT molecular complexity index is 406. The molecule has 0 saturated carbocycles. The predicted octanol–water partition coefficient (Wildman–Crippen LogP) is 1.60. The molecule has 0 aromatic heterocycles. The van der Waals surface area contributed by atoms with Crippen LogP contribution in [-0.4, -0.2) is 27.7 Å². The maximum absolute atomic E-state index is 12.9. The van der Waals surface area contributed by atoms with Crippen LogP contribution in [0.25, 0.3) is 0 Å². The molecule has 0 aliphatic carbocycles. The van der Waals surface area contributed by atoms with Gasteiger partial charge in [0, 0.05) is 4.90 Å². The second kappa shape index (κ2) is 4.97. The Kier molecular flexibility index (Phi) is 3.90. The first-order valence-corrected chi connectivity index (χ1v) is 5.35. The Balaban J connectivity index is 3.07. The molecule has 6 heteroatoms. The fourth-order valence-electron chi connectivity index (χ4n) is 0.998. The first kappa shape index (κ1) is 11.8. The average molecular weight is 234 g/mol. The van der Waals surface area contributed by atoms with E-state index in [0.29, 0.717) is 0 Å². The molecule has 0 bridgehead atoms. The molecule has 15 heavy (non-hydrogen) atoms. The zero-order chi connectivity index (χ0) is 11.4. The van der Waals surface area contributed by atoms with Gasteiger partial charge in [-0.05, 0) is 18.2 Å². The molecule has 1 atom stereocenters. The van der Waals surface area contributed by atoms with Crippen LogP contribution in [-0.2, 0) is 10.8 Å². The lowest BCUT2D eigenvalue weighted by Crippen LogP contribution is -2.05. The third-order valence-electron chi connectivity index (χ3n) is 1.69. The molecule has 0 aliphatic rings. The number of rotatable bonds is 4. The van der Waals surface area contributed by atoms with Crippen molar-refractivity contribution in [2.24, 2.45) is 0 Å². The van der Waals surface area contributed by atoms with Gasteiger partial charge in [-0.2, -0.15) is 0 Å². The number of carboxylic acids is 1. The SMILES string of the molecule is O=C(O)c1cc(S(=O)CCF)ccc1F. The summed E-state index contributed by atoms with van der Waals surface area (Å²) in [4.78, 5) is 10.7. The largest absolute Gasteiger partial charge is 0.478 e. The molecule has 3 nitrogen and oxygen atoms in total. The van der Waals surface area contributed by atoms with E-state index < -0.39 is 34.8 Å². The summed E-state index contributed by atoms with van der Waals surface area (Å²) in [5, 5.41) is 8.59. The van der Waals surface area contributed by atoms with Crippen molar-refractivity contribution in [2.75, 3.05) is 12.4 Å². The Morgan fingerprint density at radius 1 is 1.47 bits per heavy atom. The van der Waals surface area contributed by atoms with Crippen molar-refractivity contribution < 1.29 is 22.9 Å². The summed E-state index contributed by atoms with van der Waals surface area (Å²) in [7, 11) is -1.62. The minimum atomic E-state index is -1.62. The van der Waals surface area contributed by atoms with Crippen molar-refractivity contribution in [1.82, 2.24) is 0 Å². The normalized spacial score (nSPS) is 12.4. The number of carbonyl (C=O) groups is 1. The smallest absolute Gasteiger partial charge is 0.338 e. The van der Waals surface area contributed by atoms with Crippen molar-refractivity contribution in [3.05, 3.63) is 29.6 Å². The third kappa shape index (κ3) is 2.82. The molecule has 0 heterocycles. The van der Waals surface area contributed by atoms with Gasteiger partial charge in [0.25, 0.3) is 0 Å². The highest BCUT2D eigenvalue weighted by Gasteiger charge is 2.13. The van der Waals surface area contributed by atoms with Gasteiger partial charge in [-0.25, -0.2) is 9.18 Å². The van der Waals surface area contributed by atoms with Crippen LogP contribution >= 0.6 is 0 Å². The lowest BCUT2D eigenvalue weighted by atomic mass is 10.2. The molecule has 0 fully saturated rings. The maximum atomic E-state index is 12.9. The highest BCUT2D eigenvalue weighted by molar-refractivity contribution is 7.85. The lowest BCUT2D eigenvalue weighted by Gasteiger charge is -2.02. The summed E-state index contributed by atoms with van der Waals surface area (Å²) in [5.74, 6) is -2.56. The van der Waals surface area contributed by atoms with Crippen molar-refractivity contribution >= 4 is 16.8 Å². The summed E-state index contributed by atoms with van der Waals surface area (Å²) in [6, 6.07) is 3.06. The molecular formula is C9H8F2O3S. The van der Waals surface area contributed by atoms with Crippen molar-refractivity contribution in [1.29, 1.82) is 0 Å². The molecule has 1 N–H and O–H groups in total. The Hall–Kier alpha value is -1.30. The van der Waals surface area contributed by atoms with Crippen molar-refractivity contribution in [3.63, 3.8) is 0 Å². The van der Waals surface area contributed by atoms with Gasteiger partial charge in [0.1, 0.15) is 12.5 Å². The van der Waals surface area contributed by atoms with Gasteiger partial charge in [0.15, 0.2) is 0 Å². The predicted molar refractivity (Wildman–Crippen MR) is 50.6 cm³/mol. The van der Waals surface area contributed by atoms with Crippen LogP contribution in [0.4, 0.5) is 8.78 Å². The van der Waals surface area contributed by atoms with E-state index >= 15 is 0 Å². The van der Waals surface area contributed by atoms with E-state index in [1.165, 1.54) is 6.07 Å². The van der Waals surface area contributed by atoms with E-state index in [-0.39, 0.29) is 10.6 Å². The number of benzene rings is 1. The third-order valence-corrected chi connectivity index (χ3v) is 3.00. The van der Waals surface area contributed by atoms with Crippen molar-refractivity contribution in [3.8, 4) is 0 Å². The summed E-state index contributed by atoms with van der Waals surface area (Å²) in [6.07, 6.45) is 0. The zero-order valence-corrected chi connectivity index (χ0v) is 8.39. The van der Waals surface area contributed by atoms with Gasteiger partial charge >= 0.3 is 5.97 Å². The molecule has 1 rings (SSSR count). The van der Waals surface area contributed by atoms with Crippen LogP contribution in [0.3, 0.4) is 0 Å².